The van der Waals surface area contributed by atoms with Crippen LogP contribution >= 0.6 is 0 Å². The molecule has 1 nitrogen and oxygen atoms in total. The van der Waals surface area contributed by atoms with Crippen molar-refractivity contribution in [2.45, 2.75) is 26.7 Å². The quantitative estimate of drug-likeness (QED) is 0.667. The molecule has 2 heteroatoms. The molecule has 0 amide bonds. The lowest BCUT2D eigenvalue weighted by atomic mass is 10.1. The molecule has 0 heterocycles. The van der Waals surface area contributed by atoms with E-state index in [1.165, 1.54) is 6.07 Å². The summed E-state index contributed by atoms with van der Waals surface area (Å²) in [4.78, 5) is 0. The second-order valence-electron chi connectivity index (χ2n) is 3.94. The van der Waals surface area contributed by atoms with Gasteiger partial charge in [-0.3, -0.25) is 0 Å². The van der Waals surface area contributed by atoms with Crippen molar-refractivity contribution < 1.29 is 9.13 Å². The molecule has 1 rings (SSSR count). The number of allylic oxidation sites excluding steroid dienone is 3. The lowest BCUT2D eigenvalue weighted by Gasteiger charge is -2.09. The Morgan fingerprint density at radius 1 is 1.47 bits per heavy atom. The second kappa shape index (κ2) is 6.89. The molecule has 0 unspecified atom stereocenters. The van der Waals surface area contributed by atoms with Gasteiger partial charge in [-0.05, 0) is 38.8 Å². The first-order chi connectivity index (χ1) is 8.15. The van der Waals surface area contributed by atoms with E-state index in [0.717, 1.165) is 12.0 Å². The Bertz CT molecular complexity index is 407. The van der Waals surface area contributed by atoms with Crippen LogP contribution in [0, 0.1) is 5.82 Å². The summed E-state index contributed by atoms with van der Waals surface area (Å²) in [5, 5.41) is 0. The van der Waals surface area contributed by atoms with E-state index in [-0.39, 0.29) is 5.82 Å². The zero-order chi connectivity index (χ0) is 12.7. The van der Waals surface area contributed by atoms with Crippen LogP contribution in [-0.2, 0) is 6.42 Å². The highest BCUT2D eigenvalue weighted by Gasteiger charge is 2.07. The lowest BCUT2D eigenvalue weighted by Crippen LogP contribution is -1.99. The van der Waals surface area contributed by atoms with Crippen LogP contribution in [-0.4, -0.2) is 6.61 Å². The van der Waals surface area contributed by atoms with Gasteiger partial charge in [-0.2, -0.15) is 0 Å². The largest absolute Gasteiger partial charge is 0.493 e. The number of halogens is 1. The van der Waals surface area contributed by atoms with Crippen molar-refractivity contribution in [1.29, 1.82) is 0 Å². The van der Waals surface area contributed by atoms with E-state index in [0.29, 0.717) is 24.3 Å². The average molecular weight is 234 g/mol. The highest BCUT2D eigenvalue weighted by molar-refractivity contribution is 5.35. The third-order valence-corrected chi connectivity index (χ3v) is 2.34. The summed E-state index contributed by atoms with van der Waals surface area (Å²) in [5.41, 5.74) is 1.66. The van der Waals surface area contributed by atoms with E-state index in [9.17, 15) is 4.39 Å². The van der Waals surface area contributed by atoms with Crippen LogP contribution in [0.25, 0.3) is 0 Å². The molecule has 0 aliphatic heterocycles. The number of rotatable bonds is 6. The van der Waals surface area contributed by atoms with Crippen molar-refractivity contribution in [1.82, 2.24) is 0 Å². The van der Waals surface area contributed by atoms with Crippen molar-refractivity contribution in [3.63, 3.8) is 0 Å². The predicted octanol–water partition coefficient (Wildman–Crippen LogP) is 4.29. The minimum atomic E-state index is -0.195. The minimum absolute atomic E-state index is 0.195. The normalized spacial score (nSPS) is 10.8. The van der Waals surface area contributed by atoms with E-state index in [1.54, 1.807) is 6.07 Å². The number of hydrogen-bond acceptors (Lipinski definition) is 1. The Kier molecular flexibility index (Phi) is 5.47. The van der Waals surface area contributed by atoms with Gasteiger partial charge in [0.05, 0.1) is 6.61 Å². The summed E-state index contributed by atoms with van der Waals surface area (Å²) in [6, 6.07) is 4.96. The van der Waals surface area contributed by atoms with E-state index < -0.39 is 0 Å². The van der Waals surface area contributed by atoms with Gasteiger partial charge in [-0.25, -0.2) is 4.39 Å². The second-order valence-corrected chi connectivity index (χ2v) is 3.94. The minimum Gasteiger partial charge on any atom is -0.493 e. The molecule has 0 aliphatic carbocycles. The van der Waals surface area contributed by atoms with Crippen LogP contribution in [0.4, 0.5) is 4.39 Å². The van der Waals surface area contributed by atoms with Crippen molar-refractivity contribution in [2.75, 3.05) is 6.61 Å². The maximum atomic E-state index is 13.6. The molecule has 1 aromatic rings. The van der Waals surface area contributed by atoms with E-state index in [1.807, 2.05) is 32.1 Å². The highest BCUT2D eigenvalue weighted by atomic mass is 19.1. The van der Waals surface area contributed by atoms with Crippen LogP contribution in [0.2, 0.25) is 0 Å². The first-order valence-electron chi connectivity index (χ1n) is 5.87. The first kappa shape index (κ1) is 13.5. The van der Waals surface area contributed by atoms with Crippen molar-refractivity contribution in [3.8, 4) is 5.75 Å². The molecule has 0 spiro atoms. The molecule has 0 saturated carbocycles. The first-order valence-corrected chi connectivity index (χ1v) is 5.87. The number of ether oxygens (including phenoxy) is 1. The zero-order valence-electron chi connectivity index (χ0n) is 10.5. The van der Waals surface area contributed by atoms with Crippen LogP contribution in [0.5, 0.6) is 5.75 Å². The van der Waals surface area contributed by atoms with Gasteiger partial charge >= 0.3 is 0 Å². The Morgan fingerprint density at radius 2 is 2.24 bits per heavy atom. The molecule has 1 aromatic carbocycles. The SMILES string of the molecule is C=C(C)/C=C\CCc1c(F)cccc1OCC. The monoisotopic (exact) mass is 234 g/mol. The summed E-state index contributed by atoms with van der Waals surface area (Å²) in [6.45, 7) is 8.17. The third kappa shape index (κ3) is 4.43. The van der Waals surface area contributed by atoms with Gasteiger partial charge in [0.2, 0.25) is 0 Å². The summed E-state index contributed by atoms with van der Waals surface area (Å²) in [5.74, 6) is 0.455. The number of benzene rings is 1. The average Bonchev–Trinajstić information content (AvgIpc) is 2.27. The fraction of sp³-hybridized carbons (Fsp3) is 0.333. The maximum absolute atomic E-state index is 13.6. The molecule has 0 atom stereocenters. The fourth-order valence-corrected chi connectivity index (χ4v) is 1.58. The van der Waals surface area contributed by atoms with E-state index in [2.05, 4.69) is 6.58 Å². The summed E-state index contributed by atoms with van der Waals surface area (Å²) in [7, 11) is 0. The standard InChI is InChI=1S/C15H19FO/c1-4-17-15-11-7-10-14(16)13(15)9-6-5-8-12(2)3/h5,7-8,10-11H,2,4,6,9H2,1,3H3/b8-5-. The molecular formula is C15H19FO. The molecule has 0 fully saturated rings. The van der Waals surface area contributed by atoms with Gasteiger partial charge in [-0.15, -0.1) is 0 Å². The lowest BCUT2D eigenvalue weighted by molar-refractivity contribution is 0.333. The van der Waals surface area contributed by atoms with E-state index >= 15 is 0 Å². The molecule has 17 heavy (non-hydrogen) atoms. The Hall–Kier alpha value is -1.57. The molecule has 0 saturated heterocycles. The Balaban J connectivity index is 2.71. The fourth-order valence-electron chi connectivity index (χ4n) is 1.58. The highest BCUT2D eigenvalue weighted by Crippen LogP contribution is 2.23. The molecule has 0 aromatic heterocycles. The zero-order valence-corrected chi connectivity index (χ0v) is 10.5. The summed E-state index contributed by atoms with van der Waals surface area (Å²) < 4.78 is 19.1. The third-order valence-electron chi connectivity index (χ3n) is 2.34. The van der Waals surface area contributed by atoms with Gasteiger partial charge in [0, 0.05) is 5.56 Å². The van der Waals surface area contributed by atoms with Gasteiger partial charge in [-0.1, -0.05) is 30.4 Å². The molecule has 0 N–H and O–H groups in total. The number of hydrogen-bond donors (Lipinski definition) is 0. The van der Waals surface area contributed by atoms with Crippen LogP contribution in [0.15, 0.2) is 42.5 Å². The van der Waals surface area contributed by atoms with Crippen LogP contribution in [0.3, 0.4) is 0 Å². The summed E-state index contributed by atoms with van der Waals surface area (Å²) in [6.07, 6.45) is 5.38. The molecular weight excluding hydrogens is 215 g/mol. The summed E-state index contributed by atoms with van der Waals surface area (Å²) >= 11 is 0. The Morgan fingerprint density at radius 3 is 2.88 bits per heavy atom. The van der Waals surface area contributed by atoms with Crippen molar-refractivity contribution >= 4 is 0 Å². The Labute approximate surface area is 103 Å². The molecule has 0 aliphatic rings. The van der Waals surface area contributed by atoms with Crippen molar-refractivity contribution in [3.05, 3.63) is 53.9 Å². The van der Waals surface area contributed by atoms with E-state index in [4.69, 9.17) is 4.74 Å². The smallest absolute Gasteiger partial charge is 0.130 e. The molecule has 0 radical (unpaired) electrons. The predicted molar refractivity (Wildman–Crippen MR) is 69.8 cm³/mol. The van der Waals surface area contributed by atoms with Gasteiger partial charge in [0.15, 0.2) is 0 Å². The van der Waals surface area contributed by atoms with Crippen LogP contribution in [0.1, 0.15) is 25.8 Å². The van der Waals surface area contributed by atoms with Gasteiger partial charge in [0.25, 0.3) is 0 Å². The topological polar surface area (TPSA) is 9.23 Å². The van der Waals surface area contributed by atoms with Gasteiger partial charge < -0.3 is 4.74 Å². The van der Waals surface area contributed by atoms with Crippen LogP contribution < -0.4 is 4.74 Å². The molecule has 0 bridgehead atoms. The maximum Gasteiger partial charge on any atom is 0.130 e. The molecule has 92 valence electrons. The van der Waals surface area contributed by atoms with Crippen molar-refractivity contribution in [2.24, 2.45) is 0 Å². The van der Waals surface area contributed by atoms with Gasteiger partial charge in [0.1, 0.15) is 11.6 Å².